The Bertz CT molecular complexity index is 147. The minimum atomic E-state index is -0.661. The summed E-state index contributed by atoms with van der Waals surface area (Å²) >= 11 is 1.77. The lowest BCUT2D eigenvalue weighted by molar-refractivity contribution is -0.148. The van der Waals surface area contributed by atoms with Crippen LogP contribution in [0.1, 0.15) is 33.1 Å². The van der Waals surface area contributed by atoms with E-state index in [1.165, 1.54) is 0 Å². The van der Waals surface area contributed by atoms with Crippen LogP contribution in [0.3, 0.4) is 0 Å². The lowest BCUT2D eigenvalue weighted by Crippen LogP contribution is -2.26. The van der Waals surface area contributed by atoms with Crippen molar-refractivity contribution in [3.05, 3.63) is 0 Å². The van der Waals surface area contributed by atoms with Crippen molar-refractivity contribution in [2.45, 2.75) is 33.1 Å². The third kappa shape index (κ3) is 3.48. The van der Waals surface area contributed by atoms with Gasteiger partial charge < -0.3 is 5.11 Å². The minimum absolute atomic E-state index is 0.504. The summed E-state index contributed by atoms with van der Waals surface area (Å²) in [4.78, 5) is 10.8. The molecular formula is C9H18O2S. The van der Waals surface area contributed by atoms with E-state index in [4.69, 9.17) is 5.11 Å². The Morgan fingerprint density at radius 2 is 2.17 bits per heavy atom. The molecule has 2 nitrogen and oxygen atoms in total. The molecule has 1 N–H and O–H groups in total. The Morgan fingerprint density at radius 3 is 2.50 bits per heavy atom. The minimum Gasteiger partial charge on any atom is -0.481 e. The summed E-state index contributed by atoms with van der Waals surface area (Å²) in [5.41, 5.74) is -0.504. The molecule has 0 fully saturated rings. The first kappa shape index (κ1) is 11.8. The lowest BCUT2D eigenvalue weighted by Gasteiger charge is -2.22. The molecule has 0 aromatic rings. The molecule has 0 bridgehead atoms. The molecule has 0 heterocycles. The molecule has 0 saturated heterocycles. The van der Waals surface area contributed by atoms with E-state index >= 15 is 0 Å². The first-order valence-corrected chi connectivity index (χ1v) is 5.68. The maximum atomic E-state index is 10.8. The van der Waals surface area contributed by atoms with Gasteiger partial charge in [0, 0.05) is 0 Å². The SMILES string of the molecule is CCC(C)(CCCSC)C(=O)O. The molecule has 1 atom stereocenters. The highest BCUT2D eigenvalue weighted by Gasteiger charge is 2.29. The highest BCUT2D eigenvalue weighted by molar-refractivity contribution is 7.98. The summed E-state index contributed by atoms with van der Waals surface area (Å²) < 4.78 is 0. The summed E-state index contributed by atoms with van der Waals surface area (Å²) in [6.07, 6.45) is 4.55. The molecule has 12 heavy (non-hydrogen) atoms. The zero-order valence-electron chi connectivity index (χ0n) is 8.09. The van der Waals surface area contributed by atoms with Crippen molar-refractivity contribution in [3.63, 3.8) is 0 Å². The third-order valence-electron chi connectivity index (χ3n) is 2.37. The fourth-order valence-corrected chi connectivity index (χ4v) is 1.47. The van der Waals surface area contributed by atoms with Crippen molar-refractivity contribution in [1.82, 2.24) is 0 Å². The van der Waals surface area contributed by atoms with Crippen LogP contribution in [0.25, 0.3) is 0 Å². The van der Waals surface area contributed by atoms with Gasteiger partial charge in [0.05, 0.1) is 5.41 Å². The fourth-order valence-electron chi connectivity index (χ4n) is 1.04. The standard InChI is InChI=1S/C9H18O2S/c1-4-9(2,8(10)11)6-5-7-12-3/h4-7H2,1-3H3,(H,10,11). The summed E-state index contributed by atoms with van der Waals surface area (Å²) in [6, 6.07) is 0. The quantitative estimate of drug-likeness (QED) is 0.654. The molecule has 0 saturated carbocycles. The van der Waals surface area contributed by atoms with E-state index < -0.39 is 11.4 Å². The van der Waals surface area contributed by atoms with Crippen molar-refractivity contribution in [3.8, 4) is 0 Å². The molecule has 72 valence electrons. The Kier molecular flexibility index (Phi) is 5.38. The van der Waals surface area contributed by atoms with Crippen molar-refractivity contribution in [1.29, 1.82) is 0 Å². The number of rotatable bonds is 6. The molecule has 3 heteroatoms. The van der Waals surface area contributed by atoms with Gasteiger partial charge in [-0.15, -0.1) is 0 Å². The van der Waals surface area contributed by atoms with Crippen molar-refractivity contribution in [2.75, 3.05) is 12.0 Å². The maximum absolute atomic E-state index is 10.8. The number of carbonyl (C=O) groups is 1. The molecule has 0 amide bonds. The molecule has 0 aliphatic heterocycles. The zero-order valence-corrected chi connectivity index (χ0v) is 8.91. The average Bonchev–Trinajstić information content (AvgIpc) is 2.04. The topological polar surface area (TPSA) is 37.3 Å². The van der Waals surface area contributed by atoms with Gasteiger partial charge in [-0.3, -0.25) is 4.79 Å². The van der Waals surface area contributed by atoms with Gasteiger partial charge in [0.25, 0.3) is 0 Å². The van der Waals surface area contributed by atoms with Gasteiger partial charge in [0.2, 0.25) is 0 Å². The van der Waals surface area contributed by atoms with Crippen LogP contribution < -0.4 is 0 Å². The first-order chi connectivity index (χ1) is 5.56. The number of hydrogen-bond acceptors (Lipinski definition) is 2. The largest absolute Gasteiger partial charge is 0.481 e. The number of carboxylic acids is 1. The Balaban J connectivity index is 3.88. The summed E-state index contributed by atoms with van der Waals surface area (Å²) in [7, 11) is 0. The van der Waals surface area contributed by atoms with Crippen molar-refractivity contribution in [2.24, 2.45) is 5.41 Å². The smallest absolute Gasteiger partial charge is 0.309 e. The van der Waals surface area contributed by atoms with Crippen LogP contribution in [0.15, 0.2) is 0 Å². The second-order valence-electron chi connectivity index (χ2n) is 3.32. The number of aliphatic carboxylic acids is 1. The zero-order chi connectivity index (χ0) is 9.61. The highest BCUT2D eigenvalue weighted by atomic mass is 32.2. The van der Waals surface area contributed by atoms with E-state index in [2.05, 4.69) is 0 Å². The van der Waals surface area contributed by atoms with E-state index in [1.54, 1.807) is 11.8 Å². The van der Waals surface area contributed by atoms with Gasteiger partial charge in [0.15, 0.2) is 0 Å². The highest BCUT2D eigenvalue weighted by Crippen LogP contribution is 2.27. The van der Waals surface area contributed by atoms with Gasteiger partial charge in [-0.05, 0) is 38.2 Å². The molecule has 0 aliphatic rings. The van der Waals surface area contributed by atoms with Crippen LogP contribution in [-0.2, 0) is 4.79 Å². The van der Waals surface area contributed by atoms with E-state index in [-0.39, 0.29) is 0 Å². The van der Waals surface area contributed by atoms with Crippen LogP contribution in [0.5, 0.6) is 0 Å². The van der Waals surface area contributed by atoms with Crippen LogP contribution in [0.2, 0.25) is 0 Å². The average molecular weight is 190 g/mol. The van der Waals surface area contributed by atoms with Gasteiger partial charge >= 0.3 is 5.97 Å². The van der Waals surface area contributed by atoms with Gasteiger partial charge in [-0.2, -0.15) is 11.8 Å². The van der Waals surface area contributed by atoms with Gasteiger partial charge in [-0.1, -0.05) is 6.92 Å². The van der Waals surface area contributed by atoms with Crippen LogP contribution in [0, 0.1) is 5.41 Å². The Morgan fingerprint density at radius 1 is 1.58 bits per heavy atom. The van der Waals surface area contributed by atoms with E-state index in [9.17, 15) is 4.79 Å². The van der Waals surface area contributed by atoms with E-state index in [1.807, 2.05) is 20.1 Å². The predicted octanol–water partition coefficient (Wildman–Crippen LogP) is 2.63. The first-order valence-electron chi connectivity index (χ1n) is 4.29. The summed E-state index contributed by atoms with van der Waals surface area (Å²) in [6.45, 7) is 3.77. The monoisotopic (exact) mass is 190 g/mol. The van der Waals surface area contributed by atoms with Crippen LogP contribution in [-0.4, -0.2) is 23.1 Å². The molecule has 0 aromatic carbocycles. The third-order valence-corrected chi connectivity index (χ3v) is 3.07. The maximum Gasteiger partial charge on any atom is 0.309 e. The van der Waals surface area contributed by atoms with Gasteiger partial charge in [-0.25, -0.2) is 0 Å². The van der Waals surface area contributed by atoms with E-state index in [0.29, 0.717) is 0 Å². The molecule has 0 aliphatic carbocycles. The van der Waals surface area contributed by atoms with Crippen LogP contribution in [0.4, 0.5) is 0 Å². The molecule has 0 spiro atoms. The number of carboxylic acid groups (broad SMARTS) is 1. The van der Waals surface area contributed by atoms with Crippen LogP contribution >= 0.6 is 11.8 Å². The van der Waals surface area contributed by atoms with Crippen molar-refractivity contribution >= 4 is 17.7 Å². The normalized spacial score (nSPS) is 15.6. The Labute approximate surface area is 78.7 Å². The van der Waals surface area contributed by atoms with E-state index in [0.717, 1.165) is 25.0 Å². The number of hydrogen-bond donors (Lipinski definition) is 1. The summed E-state index contributed by atoms with van der Waals surface area (Å²) in [5, 5.41) is 8.93. The molecular weight excluding hydrogens is 172 g/mol. The summed E-state index contributed by atoms with van der Waals surface area (Å²) in [5.74, 6) is 0.397. The van der Waals surface area contributed by atoms with Crippen molar-refractivity contribution < 1.29 is 9.90 Å². The molecule has 0 aromatic heterocycles. The second kappa shape index (κ2) is 5.46. The molecule has 0 radical (unpaired) electrons. The second-order valence-corrected chi connectivity index (χ2v) is 4.30. The molecule has 0 rings (SSSR count). The van der Waals surface area contributed by atoms with Gasteiger partial charge in [0.1, 0.15) is 0 Å². The number of thioether (sulfide) groups is 1. The lowest BCUT2D eigenvalue weighted by atomic mass is 9.83. The predicted molar refractivity (Wildman–Crippen MR) is 53.6 cm³/mol. The molecule has 1 unspecified atom stereocenters. The Hall–Kier alpha value is -0.180. The fraction of sp³-hybridized carbons (Fsp3) is 0.889.